The first-order valence-corrected chi connectivity index (χ1v) is 8.22. The Morgan fingerprint density at radius 3 is 2.79 bits per heavy atom. The van der Waals surface area contributed by atoms with E-state index in [0.29, 0.717) is 23.7 Å². The average Bonchev–Trinajstić information content (AvgIpc) is 2.60. The molecule has 0 aliphatic rings. The fourth-order valence-electron chi connectivity index (χ4n) is 2.25. The molecule has 24 heavy (non-hydrogen) atoms. The molecule has 0 unspecified atom stereocenters. The molecule has 0 fully saturated rings. The zero-order chi connectivity index (χ0) is 17.4. The molecule has 0 aliphatic heterocycles. The molecule has 128 valence electrons. The van der Waals surface area contributed by atoms with Crippen LogP contribution in [-0.2, 0) is 4.74 Å². The minimum Gasteiger partial charge on any atom is -0.462 e. The van der Waals surface area contributed by atoms with Crippen LogP contribution in [-0.4, -0.2) is 36.1 Å². The highest BCUT2D eigenvalue weighted by Crippen LogP contribution is 2.22. The van der Waals surface area contributed by atoms with Gasteiger partial charge in [-0.1, -0.05) is 25.5 Å². The van der Waals surface area contributed by atoms with E-state index >= 15 is 0 Å². The van der Waals surface area contributed by atoms with E-state index in [-0.39, 0.29) is 5.97 Å². The quantitative estimate of drug-likeness (QED) is 0.746. The molecule has 0 spiro atoms. The number of rotatable bonds is 8. The van der Waals surface area contributed by atoms with Gasteiger partial charge < -0.3 is 15.0 Å². The molecule has 0 bridgehead atoms. The monoisotopic (exact) mass is 328 g/mol. The molecule has 1 aromatic carbocycles. The number of benzene rings is 1. The van der Waals surface area contributed by atoms with Crippen molar-refractivity contribution in [2.75, 3.05) is 30.4 Å². The van der Waals surface area contributed by atoms with Gasteiger partial charge in [-0.05, 0) is 25.5 Å². The Bertz CT molecular complexity index is 676. The lowest BCUT2D eigenvalue weighted by Gasteiger charge is -2.18. The van der Waals surface area contributed by atoms with Crippen LogP contribution >= 0.6 is 0 Å². The summed E-state index contributed by atoms with van der Waals surface area (Å²) in [6.07, 6.45) is 3.76. The van der Waals surface area contributed by atoms with Crippen LogP contribution in [0.2, 0.25) is 0 Å². The summed E-state index contributed by atoms with van der Waals surface area (Å²) in [5, 5.41) is 3.18. The van der Waals surface area contributed by atoms with Gasteiger partial charge in [-0.25, -0.2) is 14.8 Å². The van der Waals surface area contributed by atoms with Gasteiger partial charge in [-0.15, -0.1) is 0 Å². The molecule has 1 N–H and O–H groups in total. The first-order valence-electron chi connectivity index (χ1n) is 8.22. The van der Waals surface area contributed by atoms with Crippen molar-refractivity contribution in [3.05, 3.63) is 42.2 Å². The van der Waals surface area contributed by atoms with Crippen molar-refractivity contribution in [2.24, 2.45) is 0 Å². The maximum atomic E-state index is 12.0. The third kappa shape index (κ3) is 4.68. The first kappa shape index (κ1) is 17.7. The zero-order valence-electron chi connectivity index (χ0n) is 14.5. The van der Waals surface area contributed by atoms with Gasteiger partial charge in [0.25, 0.3) is 0 Å². The Labute approximate surface area is 142 Å². The van der Waals surface area contributed by atoms with Crippen LogP contribution in [0.3, 0.4) is 0 Å². The van der Waals surface area contributed by atoms with E-state index in [0.717, 1.165) is 25.2 Å². The lowest BCUT2D eigenvalue weighted by molar-refractivity contribution is 0.0527. The van der Waals surface area contributed by atoms with Gasteiger partial charge in [0, 0.05) is 19.7 Å². The molecule has 0 amide bonds. The van der Waals surface area contributed by atoms with E-state index in [4.69, 9.17) is 4.74 Å². The number of carbonyl (C=O) groups excluding carboxylic acids is 1. The van der Waals surface area contributed by atoms with Crippen molar-refractivity contribution in [1.82, 2.24) is 9.97 Å². The molecule has 1 heterocycles. The Balaban J connectivity index is 2.18. The molecule has 0 saturated heterocycles. The molecule has 1 aromatic heterocycles. The number of esters is 1. The van der Waals surface area contributed by atoms with E-state index in [1.54, 1.807) is 19.1 Å². The van der Waals surface area contributed by atoms with Crippen molar-refractivity contribution < 1.29 is 9.53 Å². The van der Waals surface area contributed by atoms with Gasteiger partial charge in [0.1, 0.15) is 18.0 Å². The summed E-state index contributed by atoms with van der Waals surface area (Å²) >= 11 is 0. The summed E-state index contributed by atoms with van der Waals surface area (Å²) in [6.45, 7) is 5.23. The molecule has 6 nitrogen and oxygen atoms in total. The number of aromatic nitrogens is 2. The number of nitrogens with zero attached hydrogens (tertiary/aromatic N) is 3. The largest absolute Gasteiger partial charge is 0.462 e. The summed E-state index contributed by atoms with van der Waals surface area (Å²) in [6, 6.07) is 9.10. The number of nitrogens with one attached hydrogen (secondary N) is 1. The number of hydrogen-bond donors (Lipinski definition) is 1. The molecule has 2 aromatic rings. The second-order valence-corrected chi connectivity index (χ2v) is 5.43. The highest BCUT2D eigenvalue weighted by Gasteiger charge is 2.13. The van der Waals surface area contributed by atoms with Crippen LogP contribution in [0.15, 0.2) is 36.7 Å². The second kappa shape index (κ2) is 8.86. The van der Waals surface area contributed by atoms with Crippen molar-refractivity contribution in [3.63, 3.8) is 0 Å². The number of ether oxygens (including phenoxy) is 1. The average molecular weight is 328 g/mol. The summed E-state index contributed by atoms with van der Waals surface area (Å²) in [4.78, 5) is 22.7. The van der Waals surface area contributed by atoms with Crippen LogP contribution in [0.25, 0.3) is 0 Å². The topological polar surface area (TPSA) is 67.4 Å². The fourth-order valence-corrected chi connectivity index (χ4v) is 2.25. The summed E-state index contributed by atoms with van der Waals surface area (Å²) in [5.41, 5.74) is 1.15. The predicted octanol–water partition coefficient (Wildman–Crippen LogP) is 3.63. The summed E-state index contributed by atoms with van der Waals surface area (Å²) in [7, 11) is 2.01. The molecule has 0 atom stereocenters. The fraction of sp³-hybridized carbons (Fsp3) is 0.389. The Hall–Kier alpha value is -2.63. The van der Waals surface area contributed by atoms with Gasteiger partial charge in [-0.2, -0.15) is 0 Å². The van der Waals surface area contributed by atoms with Crippen molar-refractivity contribution in [3.8, 4) is 0 Å². The van der Waals surface area contributed by atoms with Crippen LogP contribution in [0.4, 0.5) is 17.3 Å². The van der Waals surface area contributed by atoms with Gasteiger partial charge in [0.05, 0.1) is 17.9 Å². The van der Waals surface area contributed by atoms with Crippen LogP contribution < -0.4 is 10.2 Å². The summed E-state index contributed by atoms with van der Waals surface area (Å²) in [5.74, 6) is 1.13. The third-order valence-corrected chi connectivity index (χ3v) is 3.58. The van der Waals surface area contributed by atoms with Gasteiger partial charge in [-0.3, -0.25) is 0 Å². The highest BCUT2D eigenvalue weighted by molar-refractivity contribution is 5.96. The molecular weight excluding hydrogens is 304 g/mol. The molecular formula is C18H24N4O2. The minimum absolute atomic E-state index is 0.340. The standard InChI is InChI=1S/C18H24N4O2/c1-4-6-11-22(3)17-12-16(19-13-20-17)21-15-10-8-7-9-14(15)18(23)24-5-2/h7-10,12-13H,4-6,11H2,1-3H3,(H,19,20,21). The molecule has 0 radical (unpaired) electrons. The molecule has 0 saturated carbocycles. The van der Waals surface area contributed by atoms with Crippen LogP contribution in [0.1, 0.15) is 37.0 Å². The SMILES string of the molecule is CCCCN(C)c1cc(Nc2ccccc2C(=O)OCC)ncn1. The second-order valence-electron chi connectivity index (χ2n) is 5.43. The van der Waals surface area contributed by atoms with Crippen LogP contribution in [0, 0.1) is 0 Å². The number of unbranched alkanes of at least 4 members (excludes halogenated alkanes) is 1. The smallest absolute Gasteiger partial charge is 0.340 e. The lowest BCUT2D eigenvalue weighted by Crippen LogP contribution is -2.19. The third-order valence-electron chi connectivity index (χ3n) is 3.58. The number of carbonyl (C=O) groups is 1. The molecule has 2 rings (SSSR count). The number of para-hydroxylation sites is 1. The van der Waals surface area contributed by atoms with Crippen LogP contribution in [0.5, 0.6) is 0 Å². The van der Waals surface area contributed by atoms with E-state index in [2.05, 4.69) is 27.1 Å². The normalized spacial score (nSPS) is 10.3. The van der Waals surface area contributed by atoms with Gasteiger partial charge in [0.15, 0.2) is 0 Å². The zero-order valence-corrected chi connectivity index (χ0v) is 14.5. The molecule has 0 aliphatic carbocycles. The van der Waals surface area contributed by atoms with E-state index in [1.807, 2.05) is 25.2 Å². The number of anilines is 3. The summed E-state index contributed by atoms with van der Waals surface area (Å²) < 4.78 is 5.09. The van der Waals surface area contributed by atoms with Gasteiger partial charge >= 0.3 is 5.97 Å². The number of hydrogen-bond acceptors (Lipinski definition) is 6. The maximum absolute atomic E-state index is 12.0. The highest BCUT2D eigenvalue weighted by atomic mass is 16.5. The predicted molar refractivity (Wildman–Crippen MR) is 95.9 cm³/mol. The van der Waals surface area contributed by atoms with E-state index in [9.17, 15) is 4.79 Å². The molecule has 6 heteroatoms. The first-order chi connectivity index (χ1) is 11.7. The maximum Gasteiger partial charge on any atom is 0.340 e. The minimum atomic E-state index is -0.352. The Morgan fingerprint density at radius 1 is 1.25 bits per heavy atom. The Morgan fingerprint density at radius 2 is 2.04 bits per heavy atom. The van der Waals surface area contributed by atoms with Crippen molar-refractivity contribution in [2.45, 2.75) is 26.7 Å². The van der Waals surface area contributed by atoms with Crippen molar-refractivity contribution in [1.29, 1.82) is 0 Å². The van der Waals surface area contributed by atoms with E-state index < -0.39 is 0 Å². The lowest BCUT2D eigenvalue weighted by atomic mass is 10.2. The Kier molecular flexibility index (Phi) is 6.54. The van der Waals surface area contributed by atoms with Crippen molar-refractivity contribution >= 4 is 23.3 Å². The van der Waals surface area contributed by atoms with Gasteiger partial charge in [0.2, 0.25) is 0 Å². The van der Waals surface area contributed by atoms with E-state index in [1.165, 1.54) is 6.33 Å².